The fraction of sp³-hybridized carbons (Fsp3) is 0.231. The number of hydrogen-bond donors (Lipinski definition) is 2. The predicted octanol–water partition coefficient (Wildman–Crippen LogP) is 3.63. The van der Waals surface area contributed by atoms with Gasteiger partial charge in [-0.2, -0.15) is 0 Å². The zero-order valence-electron chi connectivity index (χ0n) is 10.5. The minimum Gasteiger partial charge on any atom is -0.477 e. The first-order chi connectivity index (χ1) is 9.02. The Morgan fingerprint density at radius 2 is 2.11 bits per heavy atom. The Morgan fingerprint density at radius 3 is 2.68 bits per heavy atom. The first kappa shape index (κ1) is 13.8. The molecule has 0 spiro atoms. The van der Waals surface area contributed by atoms with Gasteiger partial charge in [-0.15, -0.1) is 22.7 Å². The van der Waals surface area contributed by atoms with E-state index in [0.29, 0.717) is 10.6 Å². The molecule has 0 radical (unpaired) electrons. The van der Waals surface area contributed by atoms with Crippen LogP contribution in [-0.2, 0) is 6.42 Å². The second-order valence-electron chi connectivity index (χ2n) is 4.00. The molecule has 0 aliphatic rings. The smallest absolute Gasteiger partial charge is 0.348 e. The Bertz CT molecular complexity index is 628. The zero-order valence-corrected chi connectivity index (χ0v) is 12.2. The van der Waals surface area contributed by atoms with Crippen LogP contribution in [0.3, 0.4) is 0 Å². The van der Waals surface area contributed by atoms with Gasteiger partial charge in [0.1, 0.15) is 4.88 Å². The second kappa shape index (κ2) is 5.54. The van der Waals surface area contributed by atoms with Crippen molar-refractivity contribution in [2.45, 2.75) is 20.3 Å². The summed E-state index contributed by atoms with van der Waals surface area (Å²) in [7, 11) is 0. The summed E-state index contributed by atoms with van der Waals surface area (Å²) in [5, 5.41) is 13.5. The third kappa shape index (κ3) is 2.85. The molecule has 2 aromatic rings. The van der Waals surface area contributed by atoms with E-state index in [0.717, 1.165) is 28.2 Å². The lowest BCUT2D eigenvalue weighted by Crippen LogP contribution is -2.12. The molecule has 0 fully saturated rings. The number of carboxylic acids is 1. The number of aryl methyl sites for hydroxylation is 2. The van der Waals surface area contributed by atoms with Crippen LogP contribution in [0.4, 0.5) is 5.69 Å². The average molecular weight is 295 g/mol. The summed E-state index contributed by atoms with van der Waals surface area (Å²) in [6, 6.07) is 3.68. The second-order valence-corrected chi connectivity index (χ2v) is 6.05. The van der Waals surface area contributed by atoms with Crippen molar-refractivity contribution in [1.82, 2.24) is 0 Å². The van der Waals surface area contributed by atoms with E-state index in [2.05, 4.69) is 5.32 Å². The van der Waals surface area contributed by atoms with Gasteiger partial charge in [0.25, 0.3) is 5.91 Å². The van der Waals surface area contributed by atoms with Crippen molar-refractivity contribution in [3.8, 4) is 0 Å². The number of hydrogen-bond acceptors (Lipinski definition) is 4. The molecule has 2 heterocycles. The maximum Gasteiger partial charge on any atom is 0.348 e. The summed E-state index contributed by atoms with van der Waals surface area (Å²) in [6.45, 7) is 3.81. The molecule has 0 unspecified atom stereocenters. The number of rotatable bonds is 4. The van der Waals surface area contributed by atoms with Crippen LogP contribution in [0.5, 0.6) is 0 Å². The van der Waals surface area contributed by atoms with Crippen LogP contribution in [0, 0.1) is 6.92 Å². The maximum atomic E-state index is 12.1. The van der Waals surface area contributed by atoms with E-state index in [1.54, 1.807) is 18.4 Å². The Balaban J connectivity index is 2.23. The standard InChI is InChI=1S/C13H13NO3S2/c1-3-8-4-5-9(19-8)12(15)14-10-7(2)6-18-11(10)13(16)17/h4-6H,3H2,1-2H3,(H,14,15)(H,16,17). The monoisotopic (exact) mass is 295 g/mol. The predicted molar refractivity (Wildman–Crippen MR) is 77.7 cm³/mol. The van der Waals surface area contributed by atoms with Gasteiger partial charge in [0, 0.05) is 4.88 Å². The minimum atomic E-state index is -1.02. The van der Waals surface area contributed by atoms with E-state index in [1.165, 1.54) is 11.3 Å². The number of carboxylic acid groups (broad SMARTS) is 1. The lowest BCUT2D eigenvalue weighted by molar-refractivity contribution is 0.0703. The highest BCUT2D eigenvalue weighted by atomic mass is 32.1. The molecule has 0 atom stereocenters. The van der Waals surface area contributed by atoms with E-state index >= 15 is 0 Å². The van der Waals surface area contributed by atoms with Gasteiger partial charge < -0.3 is 10.4 Å². The molecule has 4 nitrogen and oxygen atoms in total. The summed E-state index contributed by atoms with van der Waals surface area (Å²) >= 11 is 2.55. The molecule has 0 aliphatic heterocycles. The van der Waals surface area contributed by atoms with Gasteiger partial charge in [-0.25, -0.2) is 4.79 Å². The summed E-state index contributed by atoms with van der Waals surface area (Å²) in [5.41, 5.74) is 1.16. The molecule has 100 valence electrons. The number of nitrogens with one attached hydrogen (secondary N) is 1. The van der Waals surface area contributed by atoms with Crippen LogP contribution in [0.1, 0.15) is 36.7 Å². The average Bonchev–Trinajstić information content (AvgIpc) is 2.97. The molecule has 6 heteroatoms. The van der Waals surface area contributed by atoms with Gasteiger partial charge in [-0.3, -0.25) is 4.79 Å². The fourth-order valence-corrected chi connectivity index (χ4v) is 3.31. The summed E-state index contributed by atoms with van der Waals surface area (Å²) in [4.78, 5) is 25.0. The molecule has 0 aliphatic carbocycles. The lowest BCUT2D eigenvalue weighted by atomic mass is 10.2. The molecule has 1 amide bonds. The van der Waals surface area contributed by atoms with E-state index < -0.39 is 5.97 Å². The van der Waals surface area contributed by atoms with Gasteiger partial charge in [-0.1, -0.05) is 6.92 Å². The van der Waals surface area contributed by atoms with E-state index in [9.17, 15) is 9.59 Å². The Morgan fingerprint density at radius 1 is 1.37 bits per heavy atom. The normalized spacial score (nSPS) is 10.4. The third-order valence-electron chi connectivity index (χ3n) is 2.64. The number of aromatic carboxylic acids is 1. The summed E-state index contributed by atoms with van der Waals surface area (Å²) < 4.78 is 0. The number of thiophene rings is 2. The minimum absolute atomic E-state index is 0.165. The highest BCUT2D eigenvalue weighted by Gasteiger charge is 2.18. The van der Waals surface area contributed by atoms with E-state index in [4.69, 9.17) is 5.11 Å². The van der Waals surface area contributed by atoms with Crippen molar-refractivity contribution in [1.29, 1.82) is 0 Å². The SMILES string of the molecule is CCc1ccc(C(=O)Nc2c(C)csc2C(=O)O)s1. The maximum absolute atomic E-state index is 12.1. The van der Waals surface area contributed by atoms with Crippen molar-refractivity contribution in [2.24, 2.45) is 0 Å². The molecule has 19 heavy (non-hydrogen) atoms. The number of anilines is 1. The quantitative estimate of drug-likeness (QED) is 0.905. The lowest BCUT2D eigenvalue weighted by Gasteiger charge is -2.04. The summed E-state index contributed by atoms with van der Waals surface area (Å²) in [5.74, 6) is -1.28. The zero-order chi connectivity index (χ0) is 14.0. The Labute approximate surface area is 118 Å². The van der Waals surface area contributed by atoms with E-state index in [-0.39, 0.29) is 10.8 Å². The molecule has 0 saturated heterocycles. The van der Waals surface area contributed by atoms with Gasteiger partial charge in [0.2, 0.25) is 0 Å². The molecular formula is C13H13NO3S2. The Hall–Kier alpha value is -1.66. The summed E-state index contributed by atoms with van der Waals surface area (Å²) in [6.07, 6.45) is 0.885. The fourth-order valence-electron chi connectivity index (χ4n) is 1.62. The highest BCUT2D eigenvalue weighted by Crippen LogP contribution is 2.28. The highest BCUT2D eigenvalue weighted by molar-refractivity contribution is 7.14. The molecule has 2 aromatic heterocycles. The van der Waals surface area contributed by atoms with Crippen LogP contribution in [0.15, 0.2) is 17.5 Å². The first-order valence-corrected chi connectivity index (χ1v) is 7.44. The van der Waals surface area contributed by atoms with Crippen molar-refractivity contribution in [3.63, 3.8) is 0 Å². The van der Waals surface area contributed by atoms with Gasteiger partial charge in [0.15, 0.2) is 0 Å². The van der Waals surface area contributed by atoms with Gasteiger partial charge in [-0.05, 0) is 36.4 Å². The number of carbonyl (C=O) groups is 2. The van der Waals surface area contributed by atoms with E-state index in [1.807, 2.05) is 13.0 Å². The molecule has 0 bridgehead atoms. The molecule has 2 rings (SSSR count). The van der Waals surface area contributed by atoms with Crippen molar-refractivity contribution in [2.75, 3.05) is 5.32 Å². The van der Waals surface area contributed by atoms with Gasteiger partial charge in [0.05, 0.1) is 10.6 Å². The van der Waals surface area contributed by atoms with Gasteiger partial charge >= 0.3 is 5.97 Å². The first-order valence-electron chi connectivity index (χ1n) is 5.74. The van der Waals surface area contributed by atoms with Crippen molar-refractivity contribution >= 4 is 40.2 Å². The van der Waals surface area contributed by atoms with Crippen LogP contribution in [0.2, 0.25) is 0 Å². The Kier molecular flexibility index (Phi) is 4.01. The van der Waals surface area contributed by atoms with Crippen LogP contribution in [-0.4, -0.2) is 17.0 Å². The third-order valence-corrected chi connectivity index (χ3v) is 4.96. The molecule has 2 N–H and O–H groups in total. The van der Waals surface area contributed by atoms with Crippen LogP contribution < -0.4 is 5.32 Å². The number of amides is 1. The molecular weight excluding hydrogens is 282 g/mol. The largest absolute Gasteiger partial charge is 0.477 e. The number of carbonyl (C=O) groups excluding carboxylic acids is 1. The molecule has 0 saturated carbocycles. The van der Waals surface area contributed by atoms with Crippen molar-refractivity contribution in [3.05, 3.63) is 37.7 Å². The van der Waals surface area contributed by atoms with Crippen LogP contribution in [0.25, 0.3) is 0 Å². The van der Waals surface area contributed by atoms with Crippen molar-refractivity contribution < 1.29 is 14.7 Å². The topological polar surface area (TPSA) is 66.4 Å². The van der Waals surface area contributed by atoms with Crippen LogP contribution >= 0.6 is 22.7 Å². The molecule has 0 aromatic carbocycles.